The van der Waals surface area contributed by atoms with E-state index in [2.05, 4.69) is 20.8 Å². The number of amides is 1. The van der Waals surface area contributed by atoms with Gasteiger partial charge in [-0.25, -0.2) is 0 Å². The van der Waals surface area contributed by atoms with Gasteiger partial charge in [0.25, 0.3) is 5.69 Å². The molecule has 1 aromatic carbocycles. The van der Waals surface area contributed by atoms with Crippen LogP contribution < -0.4 is 0 Å². The highest BCUT2D eigenvalue weighted by atomic mass is 16.6. The standard InChI is InChI=1S/C18H24N2O3/c1-4-13(2)14(3)19(16-10-11-16)18(21)12-7-15-5-8-17(9-6-15)20(22)23/h5-9,12-14,16H,4,10-11H2,1-3H3. The topological polar surface area (TPSA) is 63.5 Å². The number of carbonyl (C=O) groups excluding carboxylic acids is 1. The molecule has 5 nitrogen and oxygen atoms in total. The Hall–Kier alpha value is -2.17. The maximum Gasteiger partial charge on any atom is 0.269 e. The molecule has 2 rings (SSSR count). The van der Waals surface area contributed by atoms with Crippen LogP contribution in [0.2, 0.25) is 0 Å². The molecule has 0 spiro atoms. The minimum absolute atomic E-state index is 0.0265. The first-order valence-corrected chi connectivity index (χ1v) is 8.18. The summed E-state index contributed by atoms with van der Waals surface area (Å²) in [7, 11) is 0. The first-order valence-electron chi connectivity index (χ1n) is 8.18. The summed E-state index contributed by atoms with van der Waals surface area (Å²) in [4.78, 5) is 24.8. The van der Waals surface area contributed by atoms with Crippen LogP contribution in [0.5, 0.6) is 0 Å². The molecule has 2 unspecified atom stereocenters. The number of nitro groups is 1. The van der Waals surface area contributed by atoms with Crippen LogP contribution in [0.4, 0.5) is 5.69 Å². The van der Waals surface area contributed by atoms with Crippen molar-refractivity contribution >= 4 is 17.7 Å². The number of non-ortho nitro benzene ring substituents is 1. The quantitative estimate of drug-likeness (QED) is 0.433. The molecule has 1 amide bonds. The Bertz CT molecular complexity index is 591. The van der Waals surface area contributed by atoms with Gasteiger partial charge in [-0.05, 0) is 49.5 Å². The van der Waals surface area contributed by atoms with Gasteiger partial charge in [0.15, 0.2) is 0 Å². The monoisotopic (exact) mass is 316 g/mol. The summed E-state index contributed by atoms with van der Waals surface area (Å²) < 4.78 is 0. The van der Waals surface area contributed by atoms with Crippen molar-refractivity contribution in [2.75, 3.05) is 0 Å². The van der Waals surface area contributed by atoms with Crippen LogP contribution in [-0.2, 0) is 4.79 Å². The van der Waals surface area contributed by atoms with Crippen molar-refractivity contribution in [3.8, 4) is 0 Å². The molecule has 0 N–H and O–H groups in total. The molecule has 1 aliphatic carbocycles. The summed E-state index contributed by atoms with van der Waals surface area (Å²) in [5.74, 6) is 0.492. The highest BCUT2D eigenvalue weighted by molar-refractivity contribution is 5.92. The van der Waals surface area contributed by atoms with Gasteiger partial charge in [0.05, 0.1) is 4.92 Å². The van der Waals surface area contributed by atoms with Gasteiger partial charge in [0.1, 0.15) is 0 Å². The lowest BCUT2D eigenvalue weighted by molar-refractivity contribution is -0.384. The first-order chi connectivity index (χ1) is 10.9. The number of nitro benzene ring substituents is 1. The number of nitrogens with zero attached hydrogens (tertiary/aromatic N) is 2. The van der Waals surface area contributed by atoms with Gasteiger partial charge >= 0.3 is 0 Å². The van der Waals surface area contributed by atoms with E-state index in [-0.39, 0.29) is 17.6 Å². The number of rotatable bonds is 7. The summed E-state index contributed by atoms with van der Waals surface area (Å²) >= 11 is 0. The number of carbonyl (C=O) groups is 1. The fourth-order valence-corrected chi connectivity index (χ4v) is 2.64. The van der Waals surface area contributed by atoms with Gasteiger partial charge in [0.2, 0.25) is 5.91 Å². The highest BCUT2D eigenvalue weighted by Crippen LogP contribution is 2.31. The molecular weight excluding hydrogens is 292 g/mol. The van der Waals surface area contributed by atoms with Gasteiger partial charge in [0, 0.05) is 30.3 Å². The van der Waals surface area contributed by atoms with Crippen molar-refractivity contribution in [2.45, 2.75) is 52.1 Å². The van der Waals surface area contributed by atoms with Crippen molar-refractivity contribution in [1.82, 2.24) is 4.90 Å². The zero-order valence-corrected chi connectivity index (χ0v) is 13.9. The van der Waals surface area contributed by atoms with Crippen molar-refractivity contribution in [3.63, 3.8) is 0 Å². The first kappa shape index (κ1) is 17.2. The maximum atomic E-state index is 12.6. The van der Waals surface area contributed by atoms with Crippen LogP contribution in [0.25, 0.3) is 6.08 Å². The average Bonchev–Trinajstić information content (AvgIpc) is 3.37. The molecule has 0 aromatic heterocycles. The number of hydrogen-bond acceptors (Lipinski definition) is 3. The molecular formula is C18H24N2O3. The van der Waals surface area contributed by atoms with E-state index in [1.54, 1.807) is 24.3 Å². The molecule has 1 saturated carbocycles. The van der Waals surface area contributed by atoms with Gasteiger partial charge in [-0.1, -0.05) is 20.3 Å². The lowest BCUT2D eigenvalue weighted by Gasteiger charge is -2.32. The molecule has 5 heteroatoms. The van der Waals surface area contributed by atoms with E-state index in [0.29, 0.717) is 12.0 Å². The van der Waals surface area contributed by atoms with Crippen LogP contribution in [-0.4, -0.2) is 27.8 Å². The second-order valence-electron chi connectivity index (χ2n) is 6.28. The Labute approximate surface area is 137 Å². The van der Waals surface area contributed by atoms with Crippen molar-refractivity contribution in [1.29, 1.82) is 0 Å². The molecule has 0 radical (unpaired) electrons. The molecule has 23 heavy (non-hydrogen) atoms. The third kappa shape index (κ3) is 4.41. The van der Waals surface area contributed by atoms with Gasteiger partial charge in [-0.15, -0.1) is 0 Å². The summed E-state index contributed by atoms with van der Waals surface area (Å²) in [6, 6.07) is 6.80. The maximum absolute atomic E-state index is 12.6. The lowest BCUT2D eigenvalue weighted by atomic mass is 9.99. The Morgan fingerprint density at radius 3 is 2.43 bits per heavy atom. The molecule has 124 valence electrons. The smallest absolute Gasteiger partial charge is 0.269 e. The van der Waals surface area contributed by atoms with Gasteiger partial charge < -0.3 is 4.90 Å². The second-order valence-corrected chi connectivity index (χ2v) is 6.28. The molecule has 0 bridgehead atoms. The van der Waals surface area contributed by atoms with Crippen molar-refractivity contribution < 1.29 is 9.72 Å². The molecule has 0 heterocycles. The third-order valence-corrected chi connectivity index (χ3v) is 4.62. The van der Waals surface area contributed by atoms with E-state index in [0.717, 1.165) is 24.8 Å². The summed E-state index contributed by atoms with van der Waals surface area (Å²) in [6.07, 6.45) is 6.52. The normalized spacial score (nSPS) is 17.0. The zero-order valence-electron chi connectivity index (χ0n) is 13.9. The highest BCUT2D eigenvalue weighted by Gasteiger charge is 2.36. The van der Waals surface area contributed by atoms with Crippen LogP contribution in [0.3, 0.4) is 0 Å². The van der Waals surface area contributed by atoms with Crippen molar-refractivity contribution in [2.24, 2.45) is 5.92 Å². The zero-order chi connectivity index (χ0) is 17.0. The number of hydrogen-bond donors (Lipinski definition) is 0. The van der Waals surface area contributed by atoms with Crippen LogP contribution >= 0.6 is 0 Å². The Morgan fingerprint density at radius 1 is 1.35 bits per heavy atom. The lowest BCUT2D eigenvalue weighted by Crippen LogP contribution is -2.42. The molecule has 0 aliphatic heterocycles. The van der Waals surface area contributed by atoms with Gasteiger partial charge in [-0.2, -0.15) is 0 Å². The summed E-state index contributed by atoms with van der Waals surface area (Å²) in [6.45, 7) is 6.43. The molecule has 1 fully saturated rings. The van der Waals surface area contributed by atoms with E-state index >= 15 is 0 Å². The Balaban J connectivity index is 2.07. The van der Waals surface area contributed by atoms with Crippen LogP contribution in [0.1, 0.15) is 45.6 Å². The second kappa shape index (κ2) is 7.40. The summed E-state index contributed by atoms with van der Waals surface area (Å²) in [5, 5.41) is 10.6. The fourth-order valence-electron chi connectivity index (χ4n) is 2.64. The van der Waals surface area contributed by atoms with E-state index in [1.807, 2.05) is 4.90 Å². The minimum atomic E-state index is -0.429. The van der Waals surface area contributed by atoms with Gasteiger partial charge in [-0.3, -0.25) is 14.9 Å². The predicted molar refractivity (Wildman–Crippen MR) is 90.9 cm³/mol. The van der Waals surface area contributed by atoms with Crippen molar-refractivity contribution in [3.05, 3.63) is 46.0 Å². The molecule has 1 aliphatic rings. The SMILES string of the molecule is CCC(C)C(C)N(C(=O)C=Cc1ccc([N+](=O)[O-])cc1)C1CC1. The Morgan fingerprint density at radius 2 is 1.96 bits per heavy atom. The largest absolute Gasteiger partial charge is 0.333 e. The van der Waals surface area contributed by atoms with E-state index in [1.165, 1.54) is 12.1 Å². The predicted octanol–water partition coefficient (Wildman–Crippen LogP) is 4.03. The van der Waals surface area contributed by atoms with Crippen LogP contribution in [0.15, 0.2) is 30.3 Å². The van der Waals surface area contributed by atoms with E-state index in [4.69, 9.17) is 0 Å². The van der Waals surface area contributed by atoms with Crippen LogP contribution in [0, 0.1) is 16.0 Å². The number of benzene rings is 1. The average molecular weight is 316 g/mol. The molecule has 2 atom stereocenters. The third-order valence-electron chi connectivity index (χ3n) is 4.62. The molecule has 0 saturated heterocycles. The van der Waals surface area contributed by atoms with E-state index < -0.39 is 4.92 Å². The van der Waals surface area contributed by atoms with E-state index in [9.17, 15) is 14.9 Å². The molecule has 1 aromatic rings. The minimum Gasteiger partial charge on any atom is -0.333 e. The summed E-state index contributed by atoms with van der Waals surface area (Å²) in [5.41, 5.74) is 0.842. The Kier molecular flexibility index (Phi) is 5.53. The fraction of sp³-hybridized carbons (Fsp3) is 0.500.